The lowest BCUT2D eigenvalue weighted by Crippen LogP contribution is -2.22. The first-order chi connectivity index (χ1) is 9.71. The molecule has 0 saturated carbocycles. The molecule has 0 unspecified atom stereocenters. The number of benzene rings is 1. The van der Waals surface area contributed by atoms with E-state index in [1.165, 1.54) is 7.11 Å². The van der Waals surface area contributed by atoms with Crippen LogP contribution in [0, 0.1) is 0 Å². The van der Waals surface area contributed by atoms with Gasteiger partial charge in [0, 0.05) is 12.0 Å². The fraction of sp³-hybridized carbons (Fsp3) is 0.462. The maximum Gasteiger partial charge on any atom is 0.314 e. The number of esters is 1. The summed E-state index contributed by atoms with van der Waals surface area (Å²) in [6, 6.07) is 6.34. The number of carbonyl (C=O) groups is 1. The summed E-state index contributed by atoms with van der Waals surface area (Å²) in [6.45, 7) is 0.989. The fourth-order valence-corrected chi connectivity index (χ4v) is 1.56. The van der Waals surface area contributed by atoms with Crippen molar-refractivity contribution < 1.29 is 19.0 Å². The maximum absolute atomic E-state index is 11.4. The predicted octanol–water partition coefficient (Wildman–Crippen LogP) is 2.11. The number of carbonyl (C=O) groups excluding carboxylic acids is 1. The van der Waals surface area contributed by atoms with Crippen LogP contribution in [0.25, 0.3) is 10.4 Å². The second-order valence-electron chi connectivity index (χ2n) is 3.93. The third-order valence-corrected chi connectivity index (χ3v) is 2.57. The number of rotatable bonds is 8. The predicted molar refractivity (Wildman–Crippen MR) is 72.5 cm³/mol. The van der Waals surface area contributed by atoms with Crippen molar-refractivity contribution in [2.45, 2.75) is 12.5 Å². The Morgan fingerprint density at radius 1 is 1.30 bits per heavy atom. The molecule has 0 bridgehead atoms. The molecule has 1 aromatic rings. The van der Waals surface area contributed by atoms with E-state index in [9.17, 15) is 4.79 Å². The van der Waals surface area contributed by atoms with Crippen molar-refractivity contribution in [1.82, 2.24) is 0 Å². The van der Waals surface area contributed by atoms with Gasteiger partial charge < -0.3 is 14.2 Å². The zero-order chi connectivity index (χ0) is 14.8. The molecule has 0 aliphatic carbocycles. The largest absolute Gasteiger partial charge is 0.491 e. The van der Waals surface area contributed by atoms with Crippen LogP contribution in [-0.4, -0.2) is 39.4 Å². The Morgan fingerprint density at radius 3 is 2.55 bits per heavy atom. The molecule has 0 saturated heterocycles. The summed E-state index contributed by atoms with van der Waals surface area (Å²) in [7, 11) is 2.87. The number of nitrogens with zero attached hydrogens (tertiary/aromatic N) is 3. The highest BCUT2D eigenvalue weighted by Gasteiger charge is 2.17. The van der Waals surface area contributed by atoms with Gasteiger partial charge in [0.1, 0.15) is 18.4 Å². The van der Waals surface area contributed by atoms with Crippen molar-refractivity contribution in [3.8, 4) is 5.75 Å². The molecule has 7 nitrogen and oxygen atoms in total. The van der Waals surface area contributed by atoms with E-state index in [2.05, 4.69) is 14.8 Å². The first-order valence-electron chi connectivity index (χ1n) is 6.04. The van der Waals surface area contributed by atoms with Crippen LogP contribution in [0.1, 0.15) is 5.56 Å². The molecule has 108 valence electrons. The molecule has 0 radical (unpaired) electrons. The number of hydrogen-bond donors (Lipinski definition) is 0. The van der Waals surface area contributed by atoms with Crippen LogP contribution >= 0.6 is 0 Å². The van der Waals surface area contributed by atoms with Crippen molar-refractivity contribution >= 4 is 5.97 Å². The standard InChI is InChI=1S/C13H17N3O4/c1-18-7-8-20-11-5-3-10(4-6-11)9-12(15-16-14)13(17)19-2/h3-6,12H,7-9H2,1-2H3/t12-/m0/s1. The van der Waals surface area contributed by atoms with Crippen LogP contribution in [-0.2, 0) is 20.7 Å². The Kier molecular flexibility index (Phi) is 6.95. The number of ether oxygens (including phenoxy) is 3. The molecule has 20 heavy (non-hydrogen) atoms. The van der Waals surface area contributed by atoms with Gasteiger partial charge in [0.25, 0.3) is 0 Å². The highest BCUT2D eigenvalue weighted by atomic mass is 16.5. The van der Waals surface area contributed by atoms with Crippen LogP contribution in [0.15, 0.2) is 29.4 Å². The molecule has 0 aromatic heterocycles. The minimum absolute atomic E-state index is 0.287. The van der Waals surface area contributed by atoms with Crippen molar-refractivity contribution in [3.63, 3.8) is 0 Å². The van der Waals surface area contributed by atoms with Crippen molar-refractivity contribution in [2.75, 3.05) is 27.4 Å². The van der Waals surface area contributed by atoms with Gasteiger partial charge >= 0.3 is 5.97 Å². The lowest BCUT2D eigenvalue weighted by molar-refractivity contribution is -0.142. The molecule has 7 heteroatoms. The van der Waals surface area contributed by atoms with E-state index >= 15 is 0 Å². The van der Waals surface area contributed by atoms with E-state index in [-0.39, 0.29) is 6.42 Å². The molecule has 1 aromatic carbocycles. The quantitative estimate of drug-likeness (QED) is 0.239. The average Bonchev–Trinajstić information content (AvgIpc) is 2.48. The molecule has 1 atom stereocenters. The second-order valence-corrected chi connectivity index (χ2v) is 3.93. The van der Waals surface area contributed by atoms with E-state index < -0.39 is 12.0 Å². The van der Waals surface area contributed by atoms with Gasteiger partial charge in [-0.05, 0) is 29.6 Å². The van der Waals surface area contributed by atoms with Crippen LogP contribution in [0.4, 0.5) is 0 Å². The van der Waals surface area contributed by atoms with Crippen molar-refractivity contribution in [2.24, 2.45) is 5.11 Å². The number of hydrogen-bond acceptors (Lipinski definition) is 5. The Hall–Kier alpha value is -2.24. The average molecular weight is 279 g/mol. The first-order valence-corrected chi connectivity index (χ1v) is 6.04. The Balaban J connectivity index is 2.63. The van der Waals surface area contributed by atoms with Crippen LogP contribution < -0.4 is 4.74 Å². The summed E-state index contributed by atoms with van der Waals surface area (Å²) in [5.41, 5.74) is 9.30. The molecule has 0 fully saturated rings. The smallest absolute Gasteiger partial charge is 0.314 e. The summed E-state index contributed by atoms with van der Waals surface area (Å²) in [5, 5.41) is 3.43. The van der Waals surface area contributed by atoms with Gasteiger partial charge in [-0.15, -0.1) is 0 Å². The summed E-state index contributed by atoms with van der Waals surface area (Å²) in [6.07, 6.45) is 0.287. The SMILES string of the molecule is COCCOc1ccc(C[C@H](N=[N+]=[N-])C(=O)OC)cc1. The van der Waals surface area contributed by atoms with E-state index in [4.69, 9.17) is 15.0 Å². The zero-order valence-corrected chi connectivity index (χ0v) is 11.5. The van der Waals surface area contributed by atoms with Gasteiger partial charge in [0.05, 0.1) is 13.7 Å². The molecule has 0 heterocycles. The Labute approximate surface area is 117 Å². The van der Waals surface area contributed by atoms with Crippen molar-refractivity contribution in [1.29, 1.82) is 0 Å². The van der Waals surface area contributed by atoms with Gasteiger partial charge in [0.15, 0.2) is 0 Å². The third kappa shape index (κ3) is 5.17. The van der Waals surface area contributed by atoms with Gasteiger partial charge in [-0.1, -0.05) is 17.2 Å². The van der Waals surface area contributed by atoms with Gasteiger partial charge in [-0.3, -0.25) is 4.79 Å². The summed E-state index contributed by atoms with van der Waals surface area (Å²) in [4.78, 5) is 14.1. The van der Waals surface area contributed by atoms with Gasteiger partial charge in [0.2, 0.25) is 0 Å². The van der Waals surface area contributed by atoms with Gasteiger partial charge in [-0.25, -0.2) is 0 Å². The molecule has 0 N–H and O–H groups in total. The Morgan fingerprint density at radius 2 is 2.00 bits per heavy atom. The first kappa shape index (κ1) is 15.8. The fourth-order valence-electron chi connectivity index (χ4n) is 1.56. The minimum atomic E-state index is -0.856. The van der Waals surface area contributed by atoms with Crippen LogP contribution in [0.5, 0.6) is 5.75 Å². The molecular weight excluding hydrogens is 262 g/mol. The van der Waals surface area contributed by atoms with E-state index in [1.807, 2.05) is 12.1 Å². The third-order valence-electron chi connectivity index (χ3n) is 2.57. The summed E-state index contributed by atoms with van der Waals surface area (Å²) >= 11 is 0. The van der Waals surface area contributed by atoms with Crippen LogP contribution in [0.2, 0.25) is 0 Å². The summed E-state index contributed by atoms with van der Waals surface area (Å²) < 4.78 is 14.9. The molecule has 0 spiro atoms. The molecule has 1 rings (SSSR count). The van der Waals surface area contributed by atoms with Crippen molar-refractivity contribution in [3.05, 3.63) is 40.3 Å². The number of methoxy groups -OCH3 is 2. The monoisotopic (exact) mass is 279 g/mol. The van der Waals surface area contributed by atoms with E-state index in [0.29, 0.717) is 19.0 Å². The lowest BCUT2D eigenvalue weighted by Gasteiger charge is -2.10. The molecular formula is C13H17N3O4. The zero-order valence-electron chi connectivity index (χ0n) is 11.5. The van der Waals surface area contributed by atoms with E-state index in [0.717, 1.165) is 5.56 Å². The highest BCUT2D eigenvalue weighted by Crippen LogP contribution is 2.15. The topological polar surface area (TPSA) is 93.5 Å². The maximum atomic E-state index is 11.4. The molecule has 0 aliphatic heterocycles. The van der Waals surface area contributed by atoms with E-state index in [1.54, 1.807) is 19.2 Å². The highest BCUT2D eigenvalue weighted by molar-refractivity contribution is 5.76. The van der Waals surface area contributed by atoms with Gasteiger partial charge in [-0.2, -0.15) is 0 Å². The Bertz CT molecular complexity index is 469. The molecule has 0 aliphatic rings. The van der Waals surface area contributed by atoms with Crippen LogP contribution in [0.3, 0.4) is 0 Å². The molecule has 0 amide bonds. The normalized spacial score (nSPS) is 11.3. The lowest BCUT2D eigenvalue weighted by atomic mass is 10.1. The second kappa shape index (κ2) is 8.79. The minimum Gasteiger partial charge on any atom is -0.491 e. The number of azide groups is 1. The summed E-state index contributed by atoms with van der Waals surface area (Å²) in [5.74, 6) is 0.160.